The van der Waals surface area contributed by atoms with Crippen molar-refractivity contribution in [3.05, 3.63) is 54.2 Å². The molecule has 144 valence electrons. The van der Waals surface area contributed by atoms with Crippen LogP contribution in [0.25, 0.3) is 11.0 Å². The minimum atomic E-state index is -1.19. The summed E-state index contributed by atoms with van der Waals surface area (Å²) in [4.78, 5) is 27.8. The van der Waals surface area contributed by atoms with Crippen LogP contribution in [-0.2, 0) is 16.1 Å². The van der Waals surface area contributed by atoms with Gasteiger partial charge in [-0.3, -0.25) is 4.79 Å². The number of pyridine rings is 1. The molecule has 3 heterocycles. The number of amides is 1. The molecule has 0 unspecified atom stereocenters. The van der Waals surface area contributed by atoms with Gasteiger partial charge in [0.1, 0.15) is 11.3 Å². The molecule has 0 saturated carbocycles. The molecule has 1 aliphatic rings. The monoisotopic (exact) mass is 381 g/mol. The van der Waals surface area contributed by atoms with E-state index in [0.29, 0.717) is 36.4 Å². The van der Waals surface area contributed by atoms with E-state index in [1.54, 1.807) is 12.1 Å². The second kappa shape index (κ2) is 7.75. The number of nitrogens with one attached hydrogen (secondary N) is 2. The molecule has 3 aromatic rings. The molecule has 3 N–H and O–H groups in total. The average Bonchev–Trinajstić information content (AvgIpc) is 3.34. The first-order valence-corrected chi connectivity index (χ1v) is 8.88. The van der Waals surface area contributed by atoms with Gasteiger partial charge in [0, 0.05) is 6.54 Å². The topological polar surface area (TPSA) is 118 Å². The Balaban J connectivity index is 1.34. The van der Waals surface area contributed by atoms with E-state index in [4.69, 9.17) is 9.84 Å². The number of rotatable bonds is 5. The average molecular weight is 381 g/mol. The van der Waals surface area contributed by atoms with Gasteiger partial charge in [0.25, 0.3) is 0 Å². The van der Waals surface area contributed by atoms with Gasteiger partial charge in [-0.25, -0.2) is 9.78 Å². The zero-order valence-corrected chi connectivity index (χ0v) is 14.9. The second-order valence-corrected chi connectivity index (χ2v) is 6.54. The Labute approximate surface area is 160 Å². The Kier molecular flexibility index (Phi) is 5.00. The highest BCUT2D eigenvalue weighted by Gasteiger charge is 2.30. The number of carbonyl (C=O) groups is 2. The molecule has 28 heavy (non-hydrogen) atoms. The molecule has 0 spiro atoms. The highest BCUT2D eigenvalue weighted by atomic mass is 16.5. The summed E-state index contributed by atoms with van der Waals surface area (Å²) in [5, 5.41) is 18.7. The Morgan fingerprint density at radius 3 is 2.86 bits per heavy atom. The van der Waals surface area contributed by atoms with Gasteiger partial charge in [-0.15, -0.1) is 0 Å². The van der Waals surface area contributed by atoms with Gasteiger partial charge in [0.15, 0.2) is 0 Å². The van der Waals surface area contributed by atoms with Crippen molar-refractivity contribution in [2.75, 3.05) is 11.9 Å². The maximum Gasteiger partial charge on any atom is 0.432 e. The molecule has 9 nitrogen and oxygen atoms in total. The molecule has 9 heteroatoms. The van der Waals surface area contributed by atoms with Crippen molar-refractivity contribution in [1.82, 2.24) is 20.1 Å². The number of carboxylic acid groups (broad SMARTS) is 1. The summed E-state index contributed by atoms with van der Waals surface area (Å²) >= 11 is 0. The summed E-state index contributed by atoms with van der Waals surface area (Å²) < 4.78 is 6.71. The Morgan fingerprint density at radius 1 is 1.25 bits per heavy atom. The lowest BCUT2D eigenvalue weighted by molar-refractivity contribution is -0.118. The molecule has 1 aromatic carbocycles. The summed E-state index contributed by atoms with van der Waals surface area (Å²) in [6.07, 6.45) is 0.684. The molecule has 0 radical (unpaired) electrons. The number of aromatic nitrogens is 3. The Hall–Kier alpha value is -3.30. The van der Waals surface area contributed by atoms with Crippen molar-refractivity contribution in [2.45, 2.75) is 25.2 Å². The van der Waals surface area contributed by atoms with E-state index >= 15 is 0 Å². The minimum absolute atomic E-state index is 0.0415. The van der Waals surface area contributed by atoms with E-state index in [-0.39, 0.29) is 18.1 Å². The molecule has 2 aromatic heterocycles. The molecule has 1 amide bonds. The van der Waals surface area contributed by atoms with Gasteiger partial charge in [0.2, 0.25) is 5.91 Å². The number of benzene rings is 1. The van der Waals surface area contributed by atoms with E-state index in [9.17, 15) is 9.59 Å². The standard InChI is InChI=1S/C19H19N5O4/c25-18(14-8-13(9-20-14)28-11-12-4-2-1-3-5-12)23-17-7-6-16-15(22-17)10-21-24(16)19(26)27/h1-7,10,13-14,20H,8-9,11H2,(H,26,27)(H,22,23,25)/t13-,14+/m0/s1. The van der Waals surface area contributed by atoms with Crippen LogP contribution < -0.4 is 10.6 Å². The summed E-state index contributed by atoms with van der Waals surface area (Å²) in [5.74, 6) is 0.140. The van der Waals surface area contributed by atoms with E-state index in [1.165, 1.54) is 6.20 Å². The molecular weight excluding hydrogens is 362 g/mol. The first-order valence-electron chi connectivity index (χ1n) is 8.88. The Bertz CT molecular complexity index is 1000. The predicted molar refractivity (Wildman–Crippen MR) is 101 cm³/mol. The number of anilines is 1. The summed E-state index contributed by atoms with van der Waals surface area (Å²) in [5.41, 5.74) is 1.84. The van der Waals surface area contributed by atoms with Gasteiger partial charge in [-0.2, -0.15) is 9.78 Å². The molecule has 2 atom stereocenters. The van der Waals surface area contributed by atoms with Gasteiger partial charge in [-0.05, 0) is 24.1 Å². The molecule has 1 fully saturated rings. The minimum Gasteiger partial charge on any atom is -0.463 e. The molecule has 1 aliphatic heterocycles. The van der Waals surface area contributed by atoms with E-state index in [0.717, 1.165) is 10.2 Å². The van der Waals surface area contributed by atoms with Crippen LogP contribution in [0.15, 0.2) is 48.7 Å². The highest BCUT2D eigenvalue weighted by molar-refractivity contribution is 5.95. The van der Waals surface area contributed by atoms with Crippen LogP contribution in [0.1, 0.15) is 12.0 Å². The fourth-order valence-corrected chi connectivity index (χ4v) is 3.17. The fourth-order valence-electron chi connectivity index (χ4n) is 3.17. The van der Waals surface area contributed by atoms with Crippen LogP contribution in [0.3, 0.4) is 0 Å². The number of hydrogen-bond acceptors (Lipinski definition) is 6. The van der Waals surface area contributed by atoms with Crippen LogP contribution in [-0.4, -0.2) is 50.6 Å². The lowest BCUT2D eigenvalue weighted by atomic mass is 10.2. The van der Waals surface area contributed by atoms with Crippen molar-refractivity contribution < 1.29 is 19.4 Å². The predicted octanol–water partition coefficient (Wildman–Crippen LogP) is 1.84. The Morgan fingerprint density at radius 2 is 2.07 bits per heavy atom. The molecule has 0 bridgehead atoms. The van der Waals surface area contributed by atoms with E-state index < -0.39 is 6.09 Å². The fraction of sp³-hybridized carbons (Fsp3) is 0.263. The number of ether oxygens (including phenoxy) is 1. The SMILES string of the molecule is O=C(Nc1ccc2c(cnn2C(=O)O)n1)[C@H]1C[C@H](OCc2ccccc2)CN1. The van der Waals surface area contributed by atoms with Crippen molar-refractivity contribution in [3.8, 4) is 0 Å². The summed E-state index contributed by atoms with van der Waals surface area (Å²) in [7, 11) is 0. The van der Waals surface area contributed by atoms with Crippen molar-refractivity contribution >= 4 is 28.9 Å². The highest BCUT2D eigenvalue weighted by Crippen LogP contribution is 2.17. The molecule has 0 aliphatic carbocycles. The maximum atomic E-state index is 12.5. The third-order valence-electron chi connectivity index (χ3n) is 4.59. The normalized spacial score (nSPS) is 19.0. The van der Waals surface area contributed by atoms with Gasteiger partial charge in [0.05, 0.1) is 30.5 Å². The lowest BCUT2D eigenvalue weighted by Crippen LogP contribution is -2.35. The van der Waals surface area contributed by atoms with Crippen molar-refractivity contribution in [3.63, 3.8) is 0 Å². The smallest absolute Gasteiger partial charge is 0.432 e. The van der Waals surface area contributed by atoms with Gasteiger partial charge < -0.3 is 20.5 Å². The number of carbonyl (C=O) groups excluding carboxylic acids is 1. The number of fused-ring (bicyclic) bond motifs is 1. The van der Waals surface area contributed by atoms with Crippen LogP contribution in [0.5, 0.6) is 0 Å². The maximum absolute atomic E-state index is 12.5. The largest absolute Gasteiger partial charge is 0.463 e. The van der Waals surface area contributed by atoms with Crippen LogP contribution in [0, 0.1) is 0 Å². The van der Waals surface area contributed by atoms with Crippen molar-refractivity contribution in [2.24, 2.45) is 0 Å². The third kappa shape index (κ3) is 3.85. The quantitative estimate of drug-likeness (QED) is 0.617. The van der Waals surface area contributed by atoms with Crippen LogP contribution >= 0.6 is 0 Å². The van der Waals surface area contributed by atoms with Gasteiger partial charge in [-0.1, -0.05) is 30.3 Å². The van der Waals surface area contributed by atoms with Gasteiger partial charge >= 0.3 is 6.09 Å². The first-order chi connectivity index (χ1) is 13.6. The lowest BCUT2D eigenvalue weighted by Gasteiger charge is -2.12. The van der Waals surface area contributed by atoms with Crippen LogP contribution in [0.2, 0.25) is 0 Å². The number of nitrogens with zero attached hydrogens (tertiary/aromatic N) is 3. The van der Waals surface area contributed by atoms with E-state index in [1.807, 2.05) is 30.3 Å². The second-order valence-electron chi connectivity index (χ2n) is 6.54. The van der Waals surface area contributed by atoms with Crippen LogP contribution in [0.4, 0.5) is 10.6 Å². The first kappa shape index (κ1) is 18.1. The molecular formula is C19H19N5O4. The molecule has 4 rings (SSSR count). The summed E-state index contributed by atoms with van der Waals surface area (Å²) in [6.45, 7) is 1.11. The summed E-state index contributed by atoms with van der Waals surface area (Å²) in [6, 6.07) is 12.6. The third-order valence-corrected chi connectivity index (χ3v) is 4.59. The number of hydrogen-bond donors (Lipinski definition) is 3. The van der Waals surface area contributed by atoms with Crippen molar-refractivity contribution in [1.29, 1.82) is 0 Å². The zero-order chi connectivity index (χ0) is 19.5. The zero-order valence-electron chi connectivity index (χ0n) is 14.9. The van der Waals surface area contributed by atoms with E-state index in [2.05, 4.69) is 20.7 Å². The molecule has 1 saturated heterocycles.